The Morgan fingerprint density at radius 1 is 1.41 bits per heavy atom. The molecule has 3 nitrogen and oxygen atoms in total. The van der Waals surface area contributed by atoms with E-state index in [2.05, 4.69) is 12.2 Å². The fourth-order valence-corrected chi connectivity index (χ4v) is 1.99. The Kier molecular flexibility index (Phi) is 6.55. The minimum atomic E-state index is -0.135. The fourth-order valence-electron chi connectivity index (χ4n) is 1.29. The molecule has 1 rings (SSSR count). The molecule has 0 bridgehead atoms. The van der Waals surface area contributed by atoms with Gasteiger partial charge in [-0.2, -0.15) is 0 Å². The van der Waals surface area contributed by atoms with Crippen molar-refractivity contribution in [3.63, 3.8) is 0 Å². The predicted octanol–water partition coefficient (Wildman–Crippen LogP) is 2.78. The maximum Gasteiger partial charge on any atom is 0.315 e. The number of rotatable bonds is 7. The number of carbonyl (C=O) groups is 1. The first-order valence-corrected chi connectivity index (χ1v) is 6.83. The zero-order chi connectivity index (χ0) is 12.5. The predicted molar refractivity (Wildman–Crippen MR) is 73.5 cm³/mol. The molecule has 0 heterocycles. The highest BCUT2D eigenvalue weighted by atomic mass is 32.2. The highest BCUT2D eigenvalue weighted by molar-refractivity contribution is 8.00. The Hall–Kier alpha value is -1.16. The number of benzene rings is 1. The van der Waals surface area contributed by atoms with Gasteiger partial charge in [0.25, 0.3) is 0 Å². The van der Waals surface area contributed by atoms with E-state index in [1.807, 2.05) is 37.3 Å². The van der Waals surface area contributed by atoms with Gasteiger partial charge in [0.2, 0.25) is 0 Å². The summed E-state index contributed by atoms with van der Waals surface area (Å²) >= 11 is 1.61. The Balaban J connectivity index is 2.17. The SMILES string of the molecule is CCOC(=O)CSC(C)CNc1ccccc1. The number of thioether (sulfide) groups is 1. The Morgan fingerprint density at radius 2 is 2.12 bits per heavy atom. The van der Waals surface area contributed by atoms with Crippen LogP contribution in [0, 0.1) is 0 Å². The zero-order valence-corrected chi connectivity index (χ0v) is 11.1. The van der Waals surface area contributed by atoms with Crippen LogP contribution in [0.5, 0.6) is 0 Å². The molecule has 0 aliphatic carbocycles. The number of carbonyl (C=O) groups excluding carboxylic acids is 1. The van der Waals surface area contributed by atoms with Crippen molar-refractivity contribution in [3.8, 4) is 0 Å². The van der Waals surface area contributed by atoms with Gasteiger partial charge in [-0.15, -0.1) is 11.8 Å². The lowest BCUT2D eigenvalue weighted by molar-refractivity contribution is -0.139. The molecule has 0 aromatic heterocycles. The standard InChI is InChI=1S/C13H19NO2S/c1-3-16-13(15)10-17-11(2)9-14-12-7-5-4-6-8-12/h4-8,11,14H,3,9-10H2,1-2H3. The molecule has 0 saturated heterocycles. The molecule has 0 fully saturated rings. The van der Waals surface area contributed by atoms with E-state index >= 15 is 0 Å². The van der Waals surface area contributed by atoms with Crippen molar-refractivity contribution < 1.29 is 9.53 Å². The molecule has 1 unspecified atom stereocenters. The average Bonchev–Trinajstić information content (AvgIpc) is 2.35. The van der Waals surface area contributed by atoms with Gasteiger partial charge in [-0.1, -0.05) is 25.1 Å². The molecule has 0 spiro atoms. The maximum absolute atomic E-state index is 11.2. The van der Waals surface area contributed by atoms with Crippen molar-refractivity contribution in [2.24, 2.45) is 0 Å². The minimum Gasteiger partial charge on any atom is -0.465 e. The first-order chi connectivity index (χ1) is 8.22. The Bertz CT molecular complexity index is 329. The van der Waals surface area contributed by atoms with Gasteiger partial charge in [-0.25, -0.2) is 0 Å². The van der Waals surface area contributed by atoms with Crippen molar-refractivity contribution in [3.05, 3.63) is 30.3 Å². The van der Waals surface area contributed by atoms with Crippen molar-refractivity contribution in [2.45, 2.75) is 19.1 Å². The van der Waals surface area contributed by atoms with Crippen LogP contribution < -0.4 is 5.32 Å². The van der Waals surface area contributed by atoms with Gasteiger partial charge in [-0.3, -0.25) is 4.79 Å². The number of hydrogen-bond acceptors (Lipinski definition) is 4. The molecule has 1 N–H and O–H groups in total. The number of ether oxygens (including phenoxy) is 1. The van der Waals surface area contributed by atoms with Crippen LogP contribution >= 0.6 is 11.8 Å². The quantitative estimate of drug-likeness (QED) is 0.758. The minimum absolute atomic E-state index is 0.135. The highest BCUT2D eigenvalue weighted by Crippen LogP contribution is 2.12. The van der Waals surface area contributed by atoms with Crippen LogP contribution in [0.15, 0.2) is 30.3 Å². The molecular formula is C13H19NO2S. The first-order valence-electron chi connectivity index (χ1n) is 5.78. The average molecular weight is 253 g/mol. The number of anilines is 1. The van der Waals surface area contributed by atoms with Gasteiger partial charge in [-0.05, 0) is 19.1 Å². The van der Waals surface area contributed by atoms with Gasteiger partial charge in [0.05, 0.1) is 12.4 Å². The lowest BCUT2D eigenvalue weighted by atomic mass is 10.3. The van der Waals surface area contributed by atoms with Crippen LogP contribution in [0.3, 0.4) is 0 Å². The summed E-state index contributed by atoms with van der Waals surface area (Å²) in [5.41, 5.74) is 1.11. The molecule has 1 aromatic rings. The van der Waals surface area contributed by atoms with Gasteiger partial charge in [0.1, 0.15) is 0 Å². The summed E-state index contributed by atoms with van der Waals surface area (Å²) in [4.78, 5) is 11.2. The third-order valence-corrected chi connectivity index (χ3v) is 3.30. The second-order valence-electron chi connectivity index (χ2n) is 3.67. The molecule has 94 valence electrons. The summed E-state index contributed by atoms with van der Waals surface area (Å²) in [5, 5.41) is 3.70. The second kappa shape index (κ2) is 8.01. The van der Waals surface area contributed by atoms with Gasteiger partial charge in [0, 0.05) is 17.5 Å². The van der Waals surface area contributed by atoms with E-state index < -0.39 is 0 Å². The maximum atomic E-state index is 11.2. The van der Waals surface area contributed by atoms with Crippen LogP contribution in [0.4, 0.5) is 5.69 Å². The topological polar surface area (TPSA) is 38.3 Å². The largest absolute Gasteiger partial charge is 0.465 e. The van der Waals surface area contributed by atoms with Crippen molar-refractivity contribution in [1.82, 2.24) is 0 Å². The fraction of sp³-hybridized carbons (Fsp3) is 0.462. The second-order valence-corrected chi connectivity index (χ2v) is 5.10. The molecule has 0 amide bonds. The van der Waals surface area contributed by atoms with E-state index in [9.17, 15) is 4.79 Å². The zero-order valence-electron chi connectivity index (χ0n) is 10.3. The van der Waals surface area contributed by atoms with Crippen LogP contribution in [0.1, 0.15) is 13.8 Å². The first kappa shape index (κ1) is 13.9. The van der Waals surface area contributed by atoms with Crippen LogP contribution in [-0.2, 0) is 9.53 Å². The molecule has 4 heteroatoms. The van der Waals surface area contributed by atoms with E-state index in [0.29, 0.717) is 17.6 Å². The van der Waals surface area contributed by atoms with E-state index in [-0.39, 0.29) is 5.97 Å². The Labute approximate surface area is 107 Å². The Morgan fingerprint density at radius 3 is 2.76 bits per heavy atom. The van der Waals surface area contributed by atoms with Crippen LogP contribution in [0.25, 0.3) is 0 Å². The number of nitrogens with one attached hydrogen (secondary N) is 1. The lowest BCUT2D eigenvalue weighted by Gasteiger charge is -2.12. The molecule has 0 saturated carbocycles. The van der Waals surface area contributed by atoms with Gasteiger partial charge in [0.15, 0.2) is 0 Å². The number of para-hydroxylation sites is 1. The van der Waals surface area contributed by atoms with Crippen molar-refractivity contribution in [2.75, 3.05) is 24.2 Å². The smallest absolute Gasteiger partial charge is 0.315 e. The summed E-state index contributed by atoms with van der Waals surface area (Å²) in [7, 11) is 0. The van der Waals surface area contributed by atoms with E-state index in [1.54, 1.807) is 11.8 Å². The molecule has 0 aliphatic rings. The molecule has 17 heavy (non-hydrogen) atoms. The molecule has 0 aliphatic heterocycles. The van der Waals surface area contributed by atoms with Gasteiger partial charge < -0.3 is 10.1 Å². The summed E-state index contributed by atoms with van der Waals surface area (Å²) in [6.07, 6.45) is 0. The van der Waals surface area contributed by atoms with E-state index in [1.165, 1.54) is 0 Å². The normalized spacial score (nSPS) is 11.9. The monoisotopic (exact) mass is 253 g/mol. The molecule has 1 atom stereocenters. The van der Waals surface area contributed by atoms with Gasteiger partial charge >= 0.3 is 5.97 Å². The summed E-state index contributed by atoms with van der Waals surface area (Å²) < 4.78 is 4.87. The van der Waals surface area contributed by atoms with Crippen molar-refractivity contribution >= 4 is 23.4 Å². The summed E-state index contributed by atoms with van der Waals surface area (Å²) in [5.74, 6) is 0.287. The summed E-state index contributed by atoms with van der Waals surface area (Å²) in [6, 6.07) is 10.0. The molecule has 0 radical (unpaired) electrons. The van der Waals surface area contributed by atoms with Crippen molar-refractivity contribution in [1.29, 1.82) is 0 Å². The number of esters is 1. The molecule has 1 aromatic carbocycles. The lowest BCUT2D eigenvalue weighted by Crippen LogP contribution is -2.16. The third-order valence-electron chi connectivity index (χ3n) is 2.16. The molecular weight excluding hydrogens is 234 g/mol. The third kappa shape index (κ3) is 6.22. The van der Waals surface area contributed by atoms with E-state index in [0.717, 1.165) is 12.2 Å². The van der Waals surface area contributed by atoms with E-state index in [4.69, 9.17) is 4.74 Å². The van der Waals surface area contributed by atoms with Crippen LogP contribution in [0.2, 0.25) is 0 Å². The number of hydrogen-bond donors (Lipinski definition) is 1. The van der Waals surface area contributed by atoms with Crippen LogP contribution in [-0.4, -0.2) is 30.1 Å². The summed E-state index contributed by atoms with van der Waals surface area (Å²) in [6.45, 7) is 5.22. The highest BCUT2D eigenvalue weighted by Gasteiger charge is 2.07.